The molecule has 0 aliphatic carbocycles. The van der Waals surface area contributed by atoms with E-state index >= 15 is 0 Å². The number of benzene rings is 1. The molecule has 1 aromatic rings. The van der Waals surface area contributed by atoms with E-state index in [0.717, 1.165) is 0 Å². The summed E-state index contributed by atoms with van der Waals surface area (Å²) in [7, 11) is 0. The first kappa shape index (κ1) is 17.1. The number of amides is 2. The molecule has 2 N–H and O–H groups in total. The number of carbonyl (C=O) groups is 2. The zero-order valence-corrected chi connectivity index (χ0v) is 13.7. The van der Waals surface area contributed by atoms with Crippen molar-refractivity contribution in [2.45, 2.75) is 19.4 Å². The molecule has 7 heteroatoms. The molecule has 1 aliphatic heterocycles. The lowest BCUT2D eigenvalue weighted by Crippen LogP contribution is -2.35. The van der Waals surface area contributed by atoms with Gasteiger partial charge < -0.3 is 15.3 Å². The Labute approximate surface area is 139 Å². The maximum Gasteiger partial charge on any atom is 0.225 e. The van der Waals surface area contributed by atoms with E-state index in [9.17, 15) is 14.7 Å². The Morgan fingerprint density at radius 2 is 2.09 bits per heavy atom. The fourth-order valence-corrected chi connectivity index (χ4v) is 3.18. The molecule has 0 bridgehead atoms. The van der Waals surface area contributed by atoms with Gasteiger partial charge in [0.15, 0.2) is 0 Å². The normalized spacial score (nSPS) is 19.4. The van der Waals surface area contributed by atoms with Crippen LogP contribution in [0.15, 0.2) is 18.2 Å². The molecule has 2 atom stereocenters. The summed E-state index contributed by atoms with van der Waals surface area (Å²) in [6.07, 6.45) is -0.785. The fourth-order valence-electron chi connectivity index (χ4n) is 2.53. The molecule has 1 saturated heterocycles. The summed E-state index contributed by atoms with van der Waals surface area (Å²) in [4.78, 5) is 25.4. The summed E-state index contributed by atoms with van der Waals surface area (Å²) in [5.41, 5.74) is 0.392. The summed E-state index contributed by atoms with van der Waals surface area (Å²) in [6, 6.07) is 4.94. The molecule has 0 spiro atoms. The van der Waals surface area contributed by atoms with E-state index in [0.29, 0.717) is 28.7 Å². The van der Waals surface area contributed by atoms with Crippen LogP contribution in [0.1, 0.15) is 25.0 Å². The van der Waals surface area contributed by atoms with Crippen LogP contribution < -0.4 is 5.32 Å². The molecule has 0 saturated carbocycles. The molecular weight excluding hydrogens is 327 g/mol. The van der Waals surface area contributed by atoms with Crippen LogP contribution in [0.5, 0.6) is 0 Å². The fraction of sp³-hybridized carbons (Fsp3) is 0.467. The number of nitrogens with one attached hydrogen (secondary N) is 1. The van der Waals surface area contributed by atoms with Crippen molar-refractivity contribution in [3.63, 3.8) is 0 Å². The topological polar surface area (TPSA) is 69.6 Å². The number of nitrogens with zero attached hydrogens (tertiary/aromatic N) is 1. The van der Waals surface area contributed by atoms with Gasteiger partial charge in [-0.1, -0.05) is 29.3 Å². The van der Waals surface area contributed by atoms with E-state index in [1.165, 1.54) is 0 Å². The van der Waals surface area contributed by atoms with Crippen molar-refractivity contribution in [2.75, 3.05) is 19.6 Å². The van der Waals surface area contributed by atoms with Crippen LogP contribution in [0.4, 0.5) is 0 Å². The minimum atomic E-state index is -0.996. The second-order valence-electron chi connectivity index (χ2n) is 5.23. The van der Waals surface area contributed by atoms with Crippen molar-refractivity contribution in [3.05, 3.63) is 33.8 Å². The molecule has 22 heavy (non-hydrogen) atoms. The first-order valence-corrected chi connectivity index (χ1v) is 7.87. The third-order valence-electron chi connectivity index (χ3n) is 3.77. The van der Waals surface area contributed by atoms with Gasteiger partial charge in [0.1, 0.15) is 0 Å². The highest BCUT2D eigenvalue weighted by Gasteiger charge is 2.33. The lowest BCUT2D eigenvalue weighted by molar-refractivity contribution is -0.129. The smallest absolute Gasteiger partial charge is 0.225 e. The van der Waals surface area contributed by atoms with Crippen molar-refractivity contribution in [1.29, 1.82) is 0 Å². The third-order valence-corrected chi connectivity index (χ3v) is 4.43. The van der Waals surface area contributed by atoms with Gasteiger partial charge in [0.2, 0.25) is 11.8 Å². The van der Waals surface area contributed by atoms with E-state index in [1.54, 1.807) is 23.1 Å². The molecule has 1 aromatic carbocycles. The highest BCUT2D eigenvalue weighted by Crippen LogP contribution is 2.30. The summed E-state index contributed by atoms with van der Waals surface area (Å²) in [5.74, 6) is -0.634. The molecule has 5 nitrogen and oxygen atoms in total. The Morgan fingerprint density at radius 3 is 2.64 bits per heavy atom. The van der Waals surface area contributed by atoms with Gasteiger partial charge in [0.05, 0.1) is 12.0 Å². The number of aliphatic hydroxyl groups is 1. The summed E-state index contributed by atoms with van der Waals surface area (Å²) >= 11 is 12.0. The number of hydrogen-bond donors (Lipinski definition) is 2. The number of aliphatic hydroxyl groups excluding tert-OH is 1. The van der Waals surface area contributed by atoms with Gasteiger partial charge in [-0.15, -0.1) is 0 Å². The molecule has 0 unspecified atom stereocenters. The van der Waals surface area contributed by atoms with Crippen LogP contribution in [0, 0.1) is 5.92 Å². The quantitative estimate of drug-likeness (QED) is 0.858. The van der Waals surface area contributed by atoms with E-state index in [1.807, 2.05) is 6.92 Å². The Balaban J connectivity index is 1.93. The van der Waals surface area contributed by atoms with Crippen LogP contribution in [-0.4, -0.2) is 41.5 Å². The van der Waals surface area contributed by atoms with Gasteiger partial charge in [-0.05, 0) is 19.1 Å². The maximum absolute atomic E-state index is 12.1. The summed E-state index contributed by atoms with van der Waals surface area (Å²) in [5, 5.41) is 13.5. The largest absolute Gasteiger partial charge is 0.386 e. The van der Waals surface area contributed by atoms with Crippen LogP contribution in [-0.2, 0) is 9.59 Å². The van der Waals surface area contributed by atoms with E-state index in [4.69, 9.17) is 23.2 Å². The Kier molecular flexibility index (Phi) is 5.67. The maximum atomic E-state index is 12.1. The highest BCUT2D eigenvalue weighted by atomic mass is 35.5. The highest BCUT2D eigenvalue weighted by molar-refractivity contribution is 6.36. The number of halogens is 2. The van der Waals surface area contributed by atoms with Crippen molar-refractivity contribution in [2.24, 2.45) is 5.92 Å². The second-order valence-corrected chi connectivity index (χ2v) is 6.04. The Bertz CT molecular complexity index is 560. The third kappa shape index (κ3) is 3.72. The van der Waals surface area contributed by atoms with Crippen LogP contribution in [0.2, 0.25) is 10.0 Å². The molecule has 120 valence electrons. The van der Waals surface area contributed by atoms with Gasteiger partial charge in [0.25, 0.3) is 0 Å². The summed E-state index contributed by atoms with van der Waals surface area (Å²) in [6.45, 7) is 2.89. The predicted molar refractivity (Wildman–Crippen MR) is 84.8 cm³/mol. The minimum Gasteiger partial charge on any atom is -0.386 e. The van der Waals surface area contributed by atoms with E-state index in [-0.39, 0.29) is 30.7 Å². The summed E-state index contributed by atoms with van der Waals surface area (Å²) < 4.78 is 0. The van der Waals surface area contributed by atoms with Crippen molar-refractivity contribution >= 4 is 35.0 Å². The lowest BCUT2D eigenvalue weighted by Gasteiger charge is -2.17. The minimum absolute atomic E-state index is 0.000891. The van der Waals surface area contributed by atoms with Gasteiger partial charge >= 0.3 is 0 Å². The molecule has 0 radical (unpaired) electrons. The predicted octanol–water partition coefficient (Wildman–Crippen LogP) is 2.01. The van der Waals surface area contributed by atoms with Crippen molar-refractivity contribution in [1.82, 2.24) is 10.2 Å². The average Bonchev–Trinajstić information content (AvgIpc) is 2.85. The van der Waals surface area contributed by atoms with Gasteiger partial charge in [-0.2, -0.15) is 0 Å². The first-order valence-electron chi connectivity index (χ1n) is 7.11. The van der Waals surface area contributed by atoms with Gasteiger partial charge in [-0.3, -0.25) is 9.59 Å². The number of carbonyl (C=O) groups excluding carboxylic acids is 2. The molecular formula is C15H18Cl2N2O3. The zero-order valence-electron chi connectivity index (χ0n) is 12.2. The van der Waals surface area contributed by atoms with Gasteiger partial charge in [-0.25, -0.2) is 0 Å². The average molecular weight is 345 g/mol. The molecule has 1 aliphatic rings. The lowest BCUT2D eigenvalue weighted by atomic mass is 10.1. The molecule has 1 fully saturated rings. The zero-order chi connectivity index (χ0) is 16.3. The number of likely N-dealkylation sites (tertiary alicyclic amines) is 1. The molecule has 1 heterocycles. The second kappa shape index (κ2) is 7.31. The molecule has 2 rings (SSSR count). The molecule has 2 amide bonds. The Morgan fingerprint density at radius 1 is 1.45 bits per heavy atom. The van der Waals surface area contributed by atoms with Crippen molar-refractivity contribution in [3.8, 4) is 0 Å². The van der Waals surface area contributed by atoms with Crippen molar-refractivity contribution < 1.29 is 14.7 Å². The van der Waals surface area contributed by atoms with Crippen LogP contribution >= 0.6 is 23.2 Å². The SMILES string of the molecule is CCN1C[C@H](C(=O)NC[C@H](O)c2c(Cl)cccc2Cl)CC1=O. The molecule has 0 aromatic heterocycles. The van der Waals surface area contributed by atoms with Gasteiger partial charge in [0, 0.05) is 41.7 Å². The van der Waals surface area contributed by atoms with Crippen LogP contribution in [0.3, 0.4) is 0 Å². The standard InChI is InChI=1S/C15H18Cl2N2O3/c1-2-19-8-9(6-13(19)21)15(22)18-7-12(20)14-10(16)4-3-5-11(14)17/h3-5,9,12,20H,2,6-8H2,1H3,(H,18,22)/t9-,12+/m1/s1. The first-order chi connectivity index (χ1) is 10.4. The monoisotopic (exact) mass is 344 g/mol. The van der Waals surface area contributed by atoms with Crippen LogP contribution in [0.25, 0.3) is 0 Å². The van der Waals surface area contributed by atoms with E-state index in [2.05, 4.69) is 5.32 Å². The number of hydrogen-bond acceptors (Lipinski definition) is 3. The van der Waals surface area contributed by atoms with E-state index < -0.39 is 6.10 Å². The Hall–Kier alpha value is -1.30. The number of rotatable bonds is 5.